The zero-order chi connectivity index (χ0) is 15.1. The number of aliphatic hydroxyl groups is 1. The Kier molecular flexibility index (Phi) is 5.06. The Labute approximate surface area is 123 Å². The van der Waals surface area contributed by atoms with Gasteiger partial charge in [-0.1, -0.05) is 30.0 Å². The highest BCUT2D eigenvalue weighted by Crippen LogP contribution is 2.14. The Morgan fingerprint density at radius 1 is 1.19 bits per heavy atom. The molecule has 0 bridgehead atoms. The summed E-state index contributed by atoms with van der Waals surface area (Å²) < 4.78 is 27.2. The first-order chi connectivity index (χ1) is 10.1. The van der Waals surface area contributed by atoms with Gasteiger partial charge in [0.1, 0.15) is 6.61 Å². The van der Waals surface area contributed by atoms with E-state index in [1.165, 1.54) is 6.07 Å². The van der Waals surface area contributed by atoms with Crippen molar-refractivity contribution < 1.29 is 13.5 Å². The van der Waals surface area contributed by atoms with Gasteiger partial charge in [-0.05, 0) is 23.8 Å². The van der Waals surface area contributed by atoms with Gasteiger partial charge in [0.05, 0.1) is 4.90 Å². The van der Waals surface area contributed by atoms with E-state index in [0.29, 0.717) is 5.56 Å². The monoisotopic (exact) mass is 302 g/mol. The first-order valence-electron chi connectivity index (χ1n) is 6.21. The van der Waals surface area contributed by atoms with E-state index >= 15 is 0 Å². The molecule has 0 aliphatic rings. The molecule has 0 spiro atoms. The summed E-state index contributed by atoms with van der Waals surface area (Å²) in [6.45, 7) is -0.171. The minimum atomic E-state index is -3.68. The van der Waals surface area contributed by atoms with Crippen LogP contribution in [0.15, 0.2) is 53.7 Å². The van der Waals surface area contributed by atoms with Gasteiger partial charge < -0.3 is 5.11 Å². The van der Waals surface area contributed by atoms with Crippen molar-refractivity contribution in [1.29, 1.82) is 0 Å². The number of hydrogen-bond donors (Lipinski definition) is 2. The molecule has 0 unspecified atom stereocenters. The van der Waals surface area contributed by atoms with E-state index < -0.39 is 10.0 Å². The lowest BCUT2D eigenvalue weighted by Gasteiger charge is -2.08. The standard InChI is InChI=1S/C15H14N2O3S/c18-10-4-7-14-6-1-2-8-15(14)21(19,20)17-12-13-5-3-9-16-11-13/h1-3,5-6,8-9,11,17-18H,10,12H2. The molecule has 0 fully saturated rings. The van der Waals surface area contributed by atoms with Crippen LogP contribution in [0, 0.1) is 11.8 Å². The van der Waals surface area contributed by atoms with Gasteiger partial charge in [-0.3, -0.25) is 4.98 Å². The molecular weight excluding hydrogens is 288 g/mol. The summed E-state index contributed by atoms with van der Waals surface area (Å²) in [5.41, 5.74) is 1.12. The molecule has 0 aliphatic heterocycles. The molecule has 108 valence electrons. The molecule has 0 saturated carbocycles. The molecule has 0 atom stereocenters. The van der Waals surface area contributed by atoms with Crippen LogP contribution in [0.4, 0.5) is 0 Å². The molecule has 2 rings (SSSR count). The van der Waals surface area contributed by atoms with Crippen LogP contribution in [-0.2, 0) is 16.6 Å². The van der Waals surface area contributed by atoms with Crippen molar-refractivity contribution >= 4 is 10.0 Å². The van der Waals surface area contributed by atoms with Crippen LogP contribution in [0.3, 0.4) is 0 Å². The highest BCUT2D eigenvalue weighted by molar-refractivity contribution is 7.89. The Hall–Kier alpha value is -2.20. The third kappa shape index (κ3) is 4.13. The highest BCUT2D eigenvalue weighted by atomic mass is 32.2. The maximum Gasteiger partial charge on any atom is 0.242 e. The molecule has 0 radical (unpaired) electrons. The Morgan fingerprint density at radius 2 is 2.00 bits per heavy atom. The summed E-state index contributed by atoms with van der Waals surface area (Å²) in [4.78, 5) is 4.02. The third-order valence-electron chi connectivity index (χ3n) is 2.67. The van der Waals surface area contributed by atoms with Gasteiger partial charge >= 0.3 is 0 Å². The SMILES string of the molecule is O=S(=O)(NCc1cccnc1)c1ccccc1C#CCO. The zero-order valence-electron chi connectivity index (χ0n) is 11.2. The molecule has 0 amide bonds. The van der Waals surface area contributed by atoms with Gasteiger partial charge in [-0.2, -0.15) is 0 Å². The Balaban J connectivity index is 2.24. The number of nitrogens with one attached hydrogen (secondary N) is 1. The average molecular weight is 302 g/mol. The smallest absolute Gasteiger partial charge is 0.242 e. The van der Waals surface area contributed by atoms with Gasteiger partial charge in [0.2, 0.25) is 10.0 Å². The Bertz CT molecular complexity index is 762. The average Bonchev–Trinajstić information content (AvgIpc) is 2.52. The molecule has 6 heteroatoms. The van der Waals surface area contributed by atoms with Crippen molar-refractivity contribution in [2.24, 2.45) is 0 Å². The predicted molar refractivity (Wildman–Crippen MR) is 78.7 cm³/mol. The van der Waals surface area contributed by atoms with Crippen molar-refractivity contribution in [2.45, 2.75) is 11.4 Å². The second kappa shape index (κ2) is 6.99. The van der Waals surface area contributed by atoms with Gasteiger partial charge in [-0.25, -0.2) is 13.1 Å². The molecule has 21 heavy (non-hydrogen) atoms. The number of nitrogens with zero attached hydrogens (tertiary/aromatic N) is 1. The quantitative estimate of drug-likeness (QED) is 0.823. The molecule has 0 aliphatic carbocycles. The minimum Gasteiger partial charge on any atom is -0.384 e. The minimum absolute atomic E-state index is 0.0924. The number of aromatic nitrogens is 1. The van der Waals surface area contributed by atoms with Crippen molar-refractivity contribution in [3.63, 3.8) is 0 Å². The first-order valence-corrected chi connectivity index (χ1v) is 7.69. The fraction of sp³-hybridized carbons (Fsp3) is 0.133. The maximum atomic E-state index is 12.3. The van der Waals surface area contributed by atoms with Crippen molar-refractivity contribution in [2.75, 3.05) is 6.61 Å². The highest BCUT2D eigenvalue weighted by Gasteiger charge is 2.16. The van der Waals surface area contributed by atoms with Crippen LogP contribution in [0.5, 0.6) is 0 Å². The Morgan fingerprint density at radius 3 is 2.71 bits per heavy atom. The first kappa shape index (κ1) is 15.2. The molecule has 1 aromatic heterocycles. The van der Waals surface area contributed by atoms with Crippen LogP contribution < -0.4 is 4.72 Å². The van der Waals surface area contributed by atoms with E-state index in [1.54, 1.807) is 42.7 Å². The lowest BCUT2D eigenvalue weighted by Crippen LogP contribution is -2.24. The molecular formula is C15H14N2O3S. The zero-order valence-corrected chi connectivity index (χ0v) is 12.0. The fourth-order valence-electron chi connectivity index (χ4n) is 1.70. The van der Waals surface area contributed by atoms with Crippen molar-refractivity contribution in [1.82, 2.24) is 9.71 Å². The number of pyridine rings is 1. The van der Waals surface area contributed by atoms with Gasteiger partial charge in [0.25, 0.3) is 0 Å². The summed E-state index contributed by atoms with van der Waals surface area (Å²) >= 11 is 0. The lowest BCUT2D eigenvalue weighted by molar-refractivity contribution is 0.350. The second-order valence-electron chi connectivity index (χ2n) is 4.14. The van der Waals surface area contributed by atoms with Gasteiger partial charge in [0, 0.05) is 24.5 Å². The predicted octanol–water partition coefficient (Wildman–Crippen LogP) is 0.904. The molecule has 2 N–H and O–H groups in total. The summed E-state index contributed by atoms with van der Waals surface area (Å²) in [5.74, 6) is 5.09. The van der Waals surface area contributed by atoms with Crippen LogP contribution >= 0.6 is 0 Å². The molecule has 2 aromatic rings. The topological polar surface area (TPSA) is 79.3 Å². The summed E-state index contributed by atoms with van der Waals surface area (Å²) in [7, 11) is -3.68. The number of sulfonamides is 1. The van der Waals surface area contributed by atoms with Crippen LogP contribution in [0.25, 0.3) is 0 Å². The normalized spacial score (nSPS) is 10.7. The second-order valence-corrected chi connectivity index (χ2v) is 5.88. The van der Waals surface area contributed by atoms with E-state index in [2.05, 4.69) is 21.5 Å². The van der Waals surface area contributed by atoms with E-state index in [-0.39, 0.29) is 18.0 Å². The summed E-state index contributed by atoms with van der Waals surface area (Å²) in [5, 5.41) is 8.73. The van der Waals surface area contributed by atoms with E-state index in [1.807, 2.05) is 0 Å². The van der Waals surface area contributed by atoms with E-state index in [0.717, 1.165) is 5.56 Å². The van der Waals surface area contributed by atoms with Gasteiger partial charge in [-0.15, -0.1) is 0 Å². The maximum absolute atomic E-state index is 12.3. The number of benzene rings is 1. The number of rotatable bonds is 4. The summed E-state index contributed by atoms with van der Waals surface area (Å²) in [6.07, 6.45) is 3.22. The largest absolute Gasteiger partial charge is 0.384 e. The molecule has 1 heterocycles. The van der Waals surface area contributed by atoms with Crippen LogP contribution in [0.1, 0.15) is 11.1 Å². The van der Waals surface area contributed by atoms with E-state index in [4.69, 9.17) is 5.11 Å². The van der Waals surface area contributed by atoms with Crippen LogP contribution in [0.2, 0.25) is 0 Å². The van der Waals surface area contributed by atoms with Crippen LogP contribution in [-0.4, -0.2) is 25.1 Å². The number of hydrogen-bond acceptors (Lipinski definition) is 4. The summed E-state index contributed by atoms with van der Waals surface area (Å²) in [6, 6.07) is 9.93. The van der Waals surface area contributed by atoms with Crippen molar-refractivity contribution in [3.05, 3.63) is 59.9 Å². The van der Waals surface area contributed by atoms with E-state index in [9.17, 15) is 8.42 Å². The fourth-order valence-corrected chi connectivity index (χ4v) is 2.88. The molecule has 0 saturated heterocycles. The molecule has 5 nitrogen and oxygen atoms in total. The van der Waals surface area contributed by atoms with Crippen molar-refractivity contribution in [3.8, 4) is 11.8 Å². The lowest BCUT2D eigenvalue weighted by atomic mass is 10.2. The molecule has 1 aromatic carbocycles. The third-order valence-corrected chi connectivity index (χ3v) is 4.13. The number of aliphatic hydroxyl groups excluding tert-OH is 1. The van der Waals surface area contributed by atoms with Gasteiger partial charge in [0.15, 0.2) is 0 Å².